The number of aromatic nitrogens is 1. The lowest BCUT2D eigenvalue weighted by molar-refractivity contribution is 0.0514. The number of esters is 1. The molecule has 3 rings (SSSR count). The Morgan fingerprint density at radius 1 is 1.14 bits per heavy atom. The second kappa shape index (κ2) is 10.5. The van der Waals surface area contributed by atoms with E-state index in [1.807, 2.05) is 0 Å². The van der Waals surface area contributed by atoms with Crippen LogP contribution in [0.15, 0.2) is 52.0 Å². The topological polar surface area (TPSA) is 108 Å². The number of ether oxygens (including phenoxy) is 2. The Morgan fingerprint density at radius 2 is 1.80 bits per heavy atom. The SMILES string of the molecule is CCOC(=O)c1c(C)c(C(=O)C(C)N(Cc2ccco2)S(=O)(=O)c2ccc(OC)cc2)c(C)n1C. The normalized spacial score (nSPS) is 12.5. The minimum atomic E-state index is -4.11. The van der Waals surface area contributed by atoms with Gasteiger partial charge in [0.15, 0.2) is 5.78 Å². The van der Waals surface area contributed by atoms with Gasteiger partial charge in [-0.3, -0.25) is 4.79 Å². The monoisotopic (exact) mass is 502 g/mol. The van der Waals surface area contributed by atoms with Crippen LogP contribution in [0.1, 0.15) is 51.7 Å². The Balaban J connectivity index is 2.07. The van der Waals surface area contributed by atoms with Crippen LogP contribution in [-0.4, -0.2) is 48.8 Å². The zero-order valence-electron chi connectivity index (χ0n) is 20.7. The van der Waals surface area contributed by atoms with Crippen molar-refractivity contribution in [1.29, 1.82) is 0 Å². The first-order chi connectivity index (χ1) is 16.5. The summed E-state index contributed by atoms with van der Waals surface area (Å²) in [5, 5.41) is 0. The van der Waals surface area contributed by atoms with Crippen molar-refractivity contribution in [3.8, 4) is 5.75 Å². The highest BCUT2D eigenvalue weighted by atomic mass is 32.2. The first-order valence-corrected chi connectivity index (χ1v) is 12.5. The fourth-order valence-electron chi connectivity index (χ4n) is 4.04. The van der Waals surface area contributed by atoms with Gasteiger partial charge in [-0.2, -0.15) is 4.31 Å². The molecule has 0 saturated carbocycles. The maximum Gasteiger partial charge on any atom is 0.355 e. The Labute approximate surface area is 205 Å². The van der Waals surface area contributed by atoms with Crippen molar-refractivity contribution >= 4 is 21.8 Å². The van der Waals surface area contributed by atoms with Crippen LogP contribution < -0.4 is 4.74 Å². The Kier molecular flexibility index (Phi) is 7.86. The van der Waals surface area contributed by atoms with Crippen molar-refractivity contribution in [2.45, 2.75) is 45.2 Å². The quantitative estimate of drug-likeness (QED) is 0.306. The van der Waals surface area contributed by atoms with Gasteiger partial charge in [-0.05, 0) is 69.7 Å². The molecule has 9 nitrogen and oxygen atoms in total. The molecule has 0 amide bonds. The molecule has 1 aromatic carbocycles. The van der Waals surface area contributed by atoms with Crippen molar-refractivity contribution in [3.63, 3.8) is 0 Å². The molecule has 0 spiro atoms. The molecule has 0 bridgehead atoms. The van der Waals surface area contributed by atoms with Gasteiger partial charge in [0, 0.05) is 18.3 Å². The molecule has 0 radical (unpaired) electrons. The maximum absolute atomic E-state index is 13.8. The van der Waals surface area contributed by atoms with Gasteiger partial charge in [0.05, 0.1) is 37.5 Å². The van der Waals surface area contributed by atoms with Crippen LogP contribution in [0.5, 0.6) is 5.75 Å². The molecule has 0 aliphatic rings. The van der Waals surface area contributed by atoms with E-state index in [1.54, 1.807) is 56.7 Å². The van der Waals surface area contributed by atoms with Gasteiger partial charge in [0.25, 0.3) is 0 Å². The van der Waals surface area contributed by atoms with Gasteiger partial charge < -0.3 is 18.5 Å². The summed E-state index contributed by atoms with van der Waals surface area (Å²) in [7, 11) is -0.950. The first kappa shape index (κ1) is 26.2. The van der Waals surface area contributed by atoms with E-state index in [1.165, 1.54) is 32.4 Å². The van der Waals surface area contributed by atoms with E-state index in [0.29, 0.717) is 22.8 Å². The molecule has 3 aromatic rings. The molecular formula is C25H30N2O7S. The van der Waals surface area contributed by atoms with Gasteiger partial charge in [0.1, 0.15) is 17.2 Å². The molecule has 188 valence electrons. The van der Waals surface area contributed by atoms with Gasteiger partial charge in [-0.1, -0.05) is 0 Å². The third-order valence-corrected chi connectivity index (χ3v) is 7.95. The third-order valence-electron chi connectivity index (χ3n) is 6.01. The first-order valence-electron chi connectivity index (χ1n) is 11.1. The second-order valence-corrected chi connectivity index (χ2v) is 9.95. The predicted octanol–water partition coefficient (Wildman–Crippen LogP) is 3.88. The van der Waals surface area contributed by atoms with Gasteiger partial charge in [-0.15, -0.1) is 0 Å². The standard InChI is InChI=1S/C25H30N2O7S/c1-7-33-25(29)23-16(2)22(17(3)26(23)5)24(28)18(4)27(15-20-9-8-14-34-20)35(30,31)21-12-10-19(32-6)11-13-21/h8-14,18H,7,15H2,1-6H3. The van der Waals surface area contributed by atoms with Crippen molar-refractivity contribution in [2.24, 2.45) is 7.05 Å². The number of nitrogens with zero attached hydrogens (tertiary/aromatic N) is 2. The zero-order valence-corrected chi connectivity index (χ0v) is 21.5. The summed E-state index contributed by atoms with van der Waals surface area (Å²) in [4.78, 5) is 26.3. The molecule has 2 heterocycles. The average Bonchev–Trinajstić information content (AvgIpc) is 3.42. The molecule has 0 fully saturated rings. The summed E-state index contributed by atoms with van der Waals surface area (Å²) >= 11 is 0. The van der Waals surface area contributed by atoms with Crippen molar-refractivity contribution in [2.75, 3.05) is 13.7 Å². The fraction of sp³-hybridized carbons (Fsp3) is 0.360. The number of carbonyl (C=O) groups excluding carboxylic acids is 2. The van der Waals surface area contributed by atoms with E-state index in [9.17, 15) is 18.0 Å². The predicted molar refractivity (Wildman–Crippen MR) is 129 cm³/mol. The molecule has 0 saturated heterocycles. The molecule has 10 heteroatoms. The number of methoxy groups -OCH3 is 1. The minimum absolute atomic E-state index is 0.0122. The van der Waals surface area contributed by atoms with E-state index >= 15 is 0 Å². The van der Waals surface area contributed by atoms with Crippen LogP contribution in [-0.2, 0) is 28.4 Å². The highest BCUT2D eigenvalue weighted by Crippen LogP contribution is 2.28. The summed E-state index contributed by atoms with van der Waals surface area (Å²) in [6.07, 6.45) is 1.44. The van der Waals surface area contributed by atoms with E-state index in [0.717, 1.165) is 4.31 Å². The lowest BCUT2D eigenvalue weighted by atomic mass is 10.0. The number of hydrogen-bond acceptors (Lipinski definition) is 7. The minimum Gasteiger partial charge on any atom is -0.497 e. The smallest absolute Gasteiger partial charge is 0.355 e. The molecular weight excluding hydrogens is 472 g/mol. The number of carbonyl (C=O) groups is 2. The number of hydrogen-bond donors (Lipinski definition) is 0. The summed E-state index contributed by atoms with van der Waals surface area (Å²) in [6, 6.07) is 8.14. The van der Waals surface area contributed by atoms with E-state index in [2.05, 4.69) is 0 Å². The van der Waals surface area contributed by atoms with Crippen LogP contribution in [0.3, 0.4) is 0 Å². The summed E-state index contributed by atoms with van der Waals surface area (Å²) in [5.74, 6) is -0.0847. The molecule has 2 aromatic heterocycles. The number of furan rings is 1. The molecule has 0 aliphatic heterocycles. The Bertz CT molecular complexity index is 1310. The van der Waals surface area contributed by atoms with Gasteiger partial charge in [0.2, 0.25) is 10.0 Å². The number of ketones is 1. The number of sulfonamides is 1. The van der Waals surface area contributed by atoms with Crippen LogP contribution in [0.25, 0.3) is 0 Å². The lowest BCUT2D eigenvalue weighted by Crippen LogP contribution is -2.43. The zero-order chi connectivity index (χ0) is 25.9. The summed E-state index contributed by atoms with van der Waals surface area (Å²) in [5.41, 5.74) is 1.54. The second-order valence-electron chi connectivity index (χ2n) is 8.06. The van der Waals surface area contributed by atoms with Gasteiger partial charge >= 0.3 is 5.97 Å². The van der Waals surface area contributed by atoms with E-state index in [4.69, 9.17) is 13.9 Å². The van der Waals surface area contributed by atoms with Crippen LogP contribution in [0.2, 0.25) is 0 Å². The molecule has 1 unspecified atom stereocenters. The number of Topliss-reactive ketones (excluding diaryl/α,β-unsaturated/α-hetero) is 1. The summed E-state index contributed by atoms with van der Waals surface area (Å²) in [6.45, 7) is 6.65. The highest BCUT2D eigenvalue weighted by Gasteiger charge is 2.37. The van der Waals surface area contributed by atoms with E-state index < -0.39 is 27.8 Å². The molecule has 0 aliphatic carbocycles. The Morgan fingerprint density at radius 3 is 2.34 bits per heavy atom. The van der Waals surface area contributed by atoms with Crippen molar-refractivity contribution in [1.82, 2.24) is 8.87 Å². The van der Waals surface area contributed by atoms with Crippen molar-refractivity contribution < 1.29 is 31.9 Å². The third kappa shape index (κ3) is 5.03. The van der Waals surface area contributed by atoms with Crippen LogP contribution >= 0.6 is 0 Å². The number of benzene rings is 1. The lowest BCUT2D eigenvalue weighted by Gasteiger charge is -2.27. The average molecular weight is 503 g/mol. The fourth-order valence-corrected chi connectivity index (χ4v) is 5.60. The number of rotatable bonds is 10. The molecule has 1 atom stereocenters. The van der Waals surface area contributed by atoms with Crippen molar-refractivity contribution in [3.05, 3.63) is 70.9 Å². The molecule has 35 heavy (non-hydrogen) atoms. The summed E-state index contributed by atoms with van der Waals surface area (Å²) < 4.78 is 45.7. The van der Waals surface area contributed by atoms with Crippen LogP contribution in [0, 0.1) is 13.8 Å². The van der Waals surface area contributed by atoms with Gasteiger partial charge in [-0.25, -0.2) is 13.2 Å². The highest BCUT2D eigenvalue weighted by molar-refractivity contribution is 7.89. The van der Waals surface area contributed by atoms with Crippen LogP contribution in [0.4, 0.5) is 0 Å². The van der Waals surface area contributed by atoms with E-state index in [-0.39, 0.29) is 29.3 Å². The Hall–Kier alpha value is -3.37. The largest absolute Gasteiger partial charge is 0.497 e. The maximum atomic E-state index is 13.8. The molecule has 0 N–H and O–H groups in total.